The van der Waals surface area contributed by atoms with Crippen molar-refractivity contribution in [3.63, 3.8) is 0 Å². The van der Waals surface area contributed by atoms with Gasteiger partial charge in [0.05, 0.1) is 5.39 Å². The summed E-state index contributed by atoms with van der Waals surface area (Å²) in [5.74, 6) is 1.90. The minimum absolute atomic E-state index is 0.0792. The summed E-state index contributed by atoms with van der Waals surface area (Å²) in [4.78, 5) is 22.6. The third-order valence-electron chi connectivity index (χ3n) is 4.98. The molecule has 118 valence electrons. The lowest BCUT2D eigenvalue weighted by atomic mass is 9.91. The number of thioether (sulfide) groups is 1. The van der Waals surface area contributed by atoms with E-state index in [1.165, 1.54) is 55.4 Å². The SMILES string of the molecule is O=c1[nH]c(SCC2CCCCC2)nc2sc3c(c12)CCCC3. The fourth-order valence-corrected chi connectivity index (χ4v) is 6.13. The molecule has 2 heterocycles. The average Bonchev–Trinajstić information content (AvgIpc) is 2.92. The average molecular weight is 335 g/mol. The fraction of sp³-hybridized carbons (Fsp3) is 0.647. The number of H-pyrrole nitrogens is 1. The maximum atomic E-state index is 12.5. The van der Waals surface area contributed by atoms with Crippen molar-refractivity contribution in [2.75, 3.05) is 5.75 Å². The minimum Gasteiger partial charge on any atom is -0.301 e. The topological polar surface area (TPSA) is 45.8 Å². The Balaban J connectivity index is 1.58. The number of aryl methyl sites for hydroxylation is 2. The highest BCUT2D eigenvalue weighted by Gasteiger charge is 2.20. The number of hydrogen-bond acceptors (Lipinski definition) is 4. The van der Waals surface area contributed by atoms with Crippen molar-refractivity contribution in [3.05, 3.63) is 20.8 Å². The minimum atomic E-state index is 0.0792. The van der Waals surface area contributed by atoms with Crippen molar-refractivity contribution in [2.45, 2.75) is 62.9 Å². The molecule has 0 saturated heterocycles. The Morgan fingerprint density at radius 2 is 1.95 bits per heavy atom. The normalized spacial score (nSPS) is 19.5. The van der Waals surface area contributed by atoms with Gasteiger partial charge in [0.1, 0.15) is 4.83 Å². The summed E-state index contributed by atoms with van der Waals surface area (Å²) < 4.78 is 0. The van der Waals surface area contributed by atoms with Gasteiger partial charge in [-0.05, 0) is 50.0 Å². The molecule has 3 nitrogen and oxygen atoms in total. The molecule has 2 aromatic heterocycles. The van der Waals surface area contributed by atoms with E-state index in [1.54, 1.807) is 23.1 Å². The van der Waals surface area contributed by atoms with Crippen molar-refractivity contribution in [2.24, 2.45) is 5.92 Å². The van der Waals surface area contributed by atoms with E-state index in [-0.39, 0.29) is 5.56 Å². The van der Waals surface area contributed by atoms with Crippen LogP contribution in [0.25, 0.3) is 10.2 Å². The lowest BCUT2D eigenvalue weighted by molar-refractivity contribution is 0.391. The Morgan fingerprint density at radius 3 is 2.82 bits per heavy atom. The molecule has 0 atom stereocenters. The molecule has 0 aliphatic heterocycles. The first-order chi connectivity index (χ1) is 10.8. The molecular weight excluding hydrogens is 312 g/mol. The zero-order valence-electron chi connectivity index (χ0n) is 12.8. The number of nitrogens with zero attached hydrogens (tertiary/aromatic N) is 1. The van der Waals surface area contributed by atoms with E-state index in [1.807, 2.05) is 0 Å². The summed E-state index contributed by atoms with van der Waals surface area (Å²) in [7, 11) is 0. The van der Waals surface area contributed by atoms with Crippen molar-refractivity contribution < 1.29 is 0 Å². The van der Waals surface area contributed by atoms with Gasteiger partial charge in [-0.2, -0.15) is 0 Å². The Labute approximate surface area is 138 Å². The second-order valence-corrected chi connectivity index (χ2v) is 8.67. The van der Waals surface area contributed by atoms with Gasteiger partial charge < -0.3 is 4.98 Å². The van der Waals surface area contributed by atoms with Gasteiger partial charge in [-0.1, -0.05) is 31.0 Å². The monoisotopic (exact) mass is 334 g/mol. The van der Waals surface area contributed by atoms with Gasteiger partial charge >= 0.3 is 0 Å². The molecule has 0 unspecified atom stereocenters. The summed E-state index contributed by atoms with van der Waals surface area (Å²) >= 11 is 3.49. The van der Waals surface area contributed by atoms with Crippen LogP contribution < -0.4 is 5.56 Å². The van der Waals surface area contributed by atoms with Crippen LogP contribution in [0.3, 0.4) is 0 Å². The highest BCUT2D eigenvalue weighted by atomic mass is 32.2. The van der Waals surface area contributed by atoms with Crippen LogP contribution in [0.1, 0.15) is 55.4 Å². The zero-order chi connectivity index (χ0) is 14.9. The maximum absolute atomic E-state index is 12.5. The van der Waals surface area contributed by atoms with Gasteiger partial charge in [-0.15, -0.1) is 11.3 Å². The molecule has 1 saturated carbocycles. The first kappa shape index (κ1) is 14.8. The van der Waals surface area contributed by atoms with E-state index in [4.69, 9.17) is 4.98 Å². The molecule has 0 bridgehead atoms. The largest absolute Gasteiger partial charge is 0.301 e. The van der Waals surface area contributed by atoms with Crippen LogP contribution in [0.2, 0.25) is 0 Å². The van der Waals surface area contributed by atoms with Crippen LogP contribution in [-0.2, 0) is 12.8 Å². The smallest absolute Gasteiger partial charge is 0.260 e. The van der Waals surface area contributed by atoms with Gasteiger partial charge in [-0.3, -0.25) is 4.79 Å². The number of fused-ring (bicyclic) bond motifs is 3. The van der Waals surface area contributed by atoms with Crippen molar-refractivity contribution in [1.29, 1.82) is 0 Å². The quantitative estimate of drug-likeness (QED) is 0.662. The molecule has 1 fully saturated rings. The predicted octanol–water partition coefficient (Wildman–Crippen LogP) is 4.54. The number of hydrogen-bond donors (Lipinski definition) is 1. The highest BCUT2D eigenvalue weighted by molar-refractivity contribution is 7.99. The van der Waals surface area contributed by atoms with Crippen LogP contribution in [-0.4, -0.2) is 15.7 Å². The summed E-state index contributed by atoms with van der Waals surface area (Å²) in [6.45, 7) is 0. The van der Waals surface area contributed by atoms with Gasteiger partial charge in [0.2, 0.25) is 0 Å². The molecule has 1 N–H and O–H groups in total. The number of thiophene rings is 1. The van der Waals surface area contributed by atoms with Crippen LogP contribution in [0.4, 0.5) is 0 Å². The van der Waals surface area contributed by atoms with Crippen LogP contribution in [0.15, 0.2) is 9.95 Å². The Morgan fingerprint density at radius 1 is 1.14 bits per heavy atom. The van der Waals surface area contributed by atoms with Gasteiger partial charge in [0.25, 0.3) is 5.56 Å². The second-order valence-electron chi connectivity index (χ2n) is 6.58. The van der Waals surface area contributed by atoms with E-state index < -0.39 is 0 Å². The summed E-state index contributed by atoms with van der Waals surface area (Å²) in [6, 6.07) is 0. The number of aromatic amines is 1. The Hall–Kier alpha value is -0.810. The standard InChI is InChI=1S/C17H22N2OS2/c20-15-14-12-8-4-5-9-13(12)22-16(14)19-17(18-15)21-10-11-6-2-1-3-7-11/h11H,1-10H2,(H,18,19,20). The van der Waals surface area contributed by atoms with Crippen LogP contribution in [0.5, 0.6) is 0 Å². The second kappa shape index (κ2) is 6.36. The Kier molecular flexibility index (Phi) is 4.27. The molecule has 2 aromatic rings. The number of nitrogens with one attached hydrogen (secondary N) is 1. The third kappa shape index (κ3) is 2.85. The van der Waals surface area contributed by atoms with E-state index in [0.717, 1.165) is 39.9 Å². The third-order valence-corrected chi connectivity index (χ3v) is 7.27. The Bertz CT molecular complexity index is 728. The molecule has 5 heteroatoms. The molecule has 0 aromatic carbocycles. The molecule has 22 heavy (non-hydrogen) atoms. The maximum Gasteiger partial charge on any atom is 0.260 e. The molecule has 0 amide bonds. The molecule has 0 radical (unpaired) electrons. The van der Waals surface area contributed by atoms with Gasteiger partial charge in [0, 0.05) is 10.6 Å². The molecule has 0 spiro atoms. The summed E-state index contributed by atoms with van der Waals surface area (Å²) in [5.41, 5.74) is 1.36. The molecule has 2 aliphatic carbocycles. The van der Waals surface area contributed by atoms with Crippen molar-refractivity contribution in [1.82, 2.24) is 9.97 Å². The number of aromatic nitrogens is 2. The van der Waals surface area contributed by atoms with E-state index in [2.05, 4.69) is 4.98 Å². The van der Waals surface area contributed by atoms with E-state index in [9.17, 15) is 4.79 Å². The molecule has 4 rings (SSSR count). The van der Waals surface area contributed by atoms with Crippen molar-refractivity contribution >= 4 is 33.3 Å². The summed E-state index contributed by atoms with van der Waals surface area (Å²) in [5, 5.41) is 1.70. The highest BCUT2D eigenvalue weighted by Crippen LogP contribution is 2.34. The van der Waals surface area contributed by atoms with Crippen LogP contribution >= 0.6 is 23.1 Å². The summed E-state index contributed by atoms with van der Waals surface area (Å²) in [6.07, 6.45) is 11.4. The fourth-order valence-electron chi connectivity index (χ4n) is 3.76. The van der Waals surface area contributed by atoms with Gasteiger partial charge in [0.15, 0.2) is 5.16 Å². The van der Waals surface area contributed by atoms with Gasteiger partial charge in [-0.25, -0.2) is 4.98 Å². The van der Waals surface area contributed by atoms with Crippen LogP contribution in [0, 0.1) is 5.92 Å². The lowest BCUT2D eigenvalue weighted by Gasteiger charge is -2.20. The number of rotatable bonds is 3. The molecular formula is C17H22N2OS2. The first-order valence-corrected chi connectivity index (χ1v) is 10.3. The predicted molar refractivity (Wildman–Crippen MR) is 94.2 cm³/mol. The van der Waals surface area contributed by atoms with E-state index in [0.29, 0.717) is 0 Å². The van der Waals surface area contributed by atoms with E-state index >= 15 is 0 Å². The van der Waals surface area contributed by atoms with Crippen molar-refractivity contribution in [3.8, 4) is 0 Å². The zero-order valence-corrected chi connectivity index (χ0v) is 14.5. The first-order valence-electron chi connectivity index (χ1n) is 8.48. The molecule has 2 aliphatic rings. The lowest BCUT2D eigenvalue weighted by Crippen LogP contribution is -2.12.